The van der Waals surface area contributed by atoms with Gasteiger partial charge in [-0.15, -0.1) is 11.3 Å². The van der Waals surface area contributed by atoms with Gasteiger partial charge < -0.3 is 10.1 Å². The summed E-state index contributed by atoms with van der Waals surface area (Å²) in [4.78, 5) is 16.6. The number of methoxy groups -OCH3 is 1. The molecule has 0 saturated carbocycles. The zero-order valence-corrected chi connectivity index (χ0v) is 10.3. The number of anilines is 1. The Morgan fingerprint density at radius 3 is 2.73 bits per heavy atom. The average Bonchev–Trinajstić information content (AvgIpc) is 2.61. The first kappa shape index (κ1) is 12.0. The van der Waals surface area contributed by atoms with E-state index >= 15 is 0 Å². The van der Waals surface area contributed by atoms with E-state index in [0.29, 0.717) is 5.69 Å². The Morgan fingerprint density at radius 1 is 1.60 bits per heavy atom. The Labute approximate surface area is 93.7 Å². The Bertz CT molecular complexity index is 347. The number of ether oxygens (including phenoxy) is 1. The second-order valence-electron chi connectivity index (χ2n) is 3.41. The number of carbonyl (C=O) groups is 1. The van der Waals surface area contributed by atoms with E-state index in [9.17, 15) is 4.79 Å². The van der Waals surface area contributed by atoms with Gasteiger partial charge in [0.05, 0.1) is 7.11 Å². The van der Waals surface area contributed by atoms with Crippen LogP contribution in [0.25, 0.3) is 0 Å². The molecule has 0 aliphatic carbocycles. The number of rotatable bonds is 4. The molecule has 0 bridgehead atoms. The van der Waals surface area contributed by atoms with Gasteiger partial charge in [-0.25, -0.2) is 9.78 Å². The Balaban J connectivity index is 3.05. The van der Waals surface area contributed by atoms with Gasteiger partial charge in [-0.1, -0.05) is 13.8 Å². The molecule has 15 heavy (non-hydrogen) atoms. The van der Waals surface area contributed by atoms with E-state index in [-0.39, 0.29) is 11.9 Å². The summed E-state index contributed by atoms with van der Waals surface area (Å²) >= 11 is 1.51. The summed E-state index contributed by atoms with van der Waals surface area (Å²) in [6.45, 7) is 6.87. The fourth-order valence-corrected chi connectivity index (χ4v) is 2.22. The van der Waals surface area contributed by atoms with Gasteiger partial charge >= 0.3 is 5.97 Å². The SMILES string of the molecule is CCNc1nc(C(=O)OC)c(C(C)C)s1. The van der Waals surface area contributed by atoms with Crippen molar-refractivity contribution in [2.75, 3.05) is 19.0 Å². The van der Waals surface area contributed by atoms with Crippen LogP contribution >= 0.6 is 11.3 Å². The van der Waals surface area contributed by atoms with Crippen LogP contribution in [0.2, 0.25) is 0 Å². The molecule has 84 valence electrons. The van der Waals surface area contributed by atoms with Crippen LogP contribution < -0.4 is 5.32 Å². The topological polar surface area (TPSA) is 51.2 Å². The monoisotopic (exact) mass is 228 g/mol. The zero-order valence-electron chi connectivity index (χ0n) is 9.46. The van der Waals surface area contributed by atoms with Gasteiger partial charge in [-0.05, 0) is 12.8 Å². The normalized spacial score (nSPS) is 10.5. The fourth-order valence-electron chi connectivity index (χ4n) is 1.19. The Kier molecular flexibility index (Phi) is 4.08. The van der Waals surface area contributed by atoms with E-state index in [1.165, 1.54) is 18.4 Å². The molecule has 0 amide bonds. The lowest BCUT2D eigenvalue weighted by Crippen LogP contribution is -2.06. The predicted octanol–water partition coefficient (Wildman–Crippen LogP) is 2.48. The quantitative estimate of drug-likeness (QED) is 0.804. The molecule has 1 rings (SSSR count). The Hall–Kier alpha value is -1.10. The van der Waals surface area contributed by atoms with E-state index < -0.39 is 0 Å². The van der Waals surface area contributed by atoms with Crippen LogP contribution in [0.15, 0.2) is 0 Å². The first-order valence-corrected chi connectivity index (χ1v) is 5.74. The predicted molar refractivity (Wildman–Crippen MR) is 61.7 cm³/mol. The van der Waals surface area contributed by atoms with Gasteiger partial charge in [0.2, 0.25) is 0 Å². The van der Waals surface area contributed by atoms with Crippen LogP contribution in [0.3, 0.4) is 0 Å². The summed E-state index contributed by atoms with van der Waals surface area (Å²) in [5.41, 5.74) is 0.438. The highest BCUT2D eigenvalue weighted by Gasteiger charge is 2.20. The molecule has 0 spiro atoms. The standard InChI is InChI=1S/C10H16N2O2S/c1-5-11-10-12-7(9(13)14-4)8(15-10)6(2)3/h6H,5H2,1-4H3,(H,11,12). The summed E-state index contributed by atoms with van der Waals surface area (Å²) < 4.78 is 4.70. The number of aromatic nitrogens is 1. The number of hydrogen-bond donors (Lipinski definition) is 1. The van der Waals surface area contributed by atoms with Crippen LogP contribution in [-0.2, 0) is 4.74 Å². The minimum Gasteiger partial charge on any atom is -0.464 e. The van der Waals surface area contributed by atoms with Crippen LogP contribution in [0.1, 0.15) is 42.1 Å². The molecule has 0 aliphatic heterocycles. The number of thiazole rings is 1. The number of nitrogens with zero attached hydrogens (tertiary/aromatic N) is 1. The van der Waals surface area contributed by atoms with Crippen molar-refractivity contribution in [3.63, 3.8) is 0 Å². The summed E-state index contributed by atoms with van der Waals surface area (Å²) in [5.74, 6) is -0.0805. The Morgan fingerprint density at radius 2 is 2.27 bits per heavy atom. The van der Waals surface area contributed by atoms with E-state index in [4.69, 9.17) is 4.74 Å². The fraction of sp³-hybridized carbons (Fsp3) is 0.600. The van der Waals surface area contributed by atoms with E-state index in [1.54, 1.807) is 0 Å². The van der Waals surface area contributed by atoms with Crippen molar-refractivity contribution in [3.05, 3.63) is 10.6 Å². The number of hydrogen-bond acceptors (Lipinski definition) is 5. The van der Waals surface area contributed by atoms with Crippen LogP contribution in [0.5, 0.6) is 0 Å². The van der Waals surface area contributed by atoms with Crippen molar-refractivity contribution < 1.29 is 9.53 Å². The summed E-state index contributed by atoms with van der Waals surface area (Å²) in [5, 5.41) is 3.88. The zero-order chi connectivity index (χ0) is 11.4. The molecule has 5 heteroatoms. The second kappa shape index (κ2) is 5.11. The molecule has 1 heterocycles. The lowest BCUT2D eigenvalue weighted by molar-refractivity contribution is 0.0593. The smallest absolute Gasteiger partial charge is 0.357 e. The molecular formula is C10H16N2O2S. The summed E-state index contributed by atoms with van der Waals surface area (Å²) in [7, 11) is 1.37. The largest absolute Gasteiger partial charge is 0.464 e. The molecular weight excluding hydrogens is 212 g/mol. The highest BCUT2D eigenvalue weighted by Crippen LogP contribution is 2.29. The van der Waals surface area contributed by atoms with Gasteiger partial charge in [-0.2, -0.15) is 0 Å². The third-order valence-corrected chi connectivity index (χ3v) is 3.20. The van der Waals surface area contributed by atoms with Gasteiger partial charge in [-0.3, -0.25) is 0 Å². The molecule has 0 unspecified atom stereocenters. The summed E-state index contributed by atoms with van der Waals surface area (Å²) in [6, 6.07) is 0. The molecule has 4 nitrogen and oxygen atoms in total. The second-order valence-corrected chi connectivity index (χ2v) is 4.44. The highest BCUT2D eigenvalue weighted by molar-refractivity contribution is 7.16. The minimum atomic E-state index is -0.362. The third-order valence-electron chi connectivity index (χ3n) is 1.88. The molecule has 0 saturated heterocycles. The van der Waals surface area contributed by atoms with Gasteiger partial charge in [0.15, 0.2) is 10.8 Å². The van der Waals surface area contributed by atoms with E-state index in [0.717, 1.165) is 16.6 Å². The van der Waals surface area contributed by atoms with Crippen molar-refractivity contribution in [1.82, 2.24) is 4.98 Å². The van der Waals surface area contributed by atoms with Gasteiger partial charge in [0.1, 0.15) is 0 Å². The van der Waals surface area contributed by atoms with E-state index in [1.807, 2.05) is 20.8 Å². The van der Waals surface area contributed by atoms with Crippen LogP contribution in [0.4, 0.5) is 5.13 Å². The first-order chi connectivity index (χ1) is 7.10. The number of nitrogens with one attached hydrogen (secondary N) is 1. The molecule has 0 radical (unpaired) electrons. The molecule has 0 aromatic carbocycles. The molecule has 1 N–H and O–H groups in total. The molecule has 1 aromatic heterocycles. The van der Waals surface area contributed by atoms with Crippen molar-refractivity contribution in [2.45, 2.75) is 26.7 Å². The summed E-state index contributed by atoms with van der Waals surface area (Å²) in [6.07, 6.45) is 0. The van der Waals surface area contributed by atoms with Crippen molar-refractivity contribution in [1.29, 1.82) is 0 Å². The van der Waals surface area contributed by atoms with Gasteiger partial charge in [0.25, 0.3) is 0 Å². The van der Waals surface area contributed by atoms with Crippen molar-refractivity contribution in [3.8, 4) is 0 Å². The molecule has 0 aliphatic rings. The molecule has 0 fully saturated rings. The van der Waals surface area contributed by atoms with E-state index in [2.05, 4.69) is 10.3 Å². The van der Waals surface area contributed by atoms with Crippen LogP contribution in [-0.4, -0.2) is 24.6 Å². The minimum absolute atomic E-state index is 0.281. The maximum Gasteiger partial charge on any atom is 0.357 e. The maximum atomic E-state index is 11.5. The lowest BCUT2D eigenvalue weighted by atomic mass is 10.1. The number of esters is 1. The molecule has 0 atom stereocenters. The highest BCUT2D eigenvalue weighted by atomic mass is 32.1. The first-order valence-electron chi connectivity index (χ1n) is 4.93. The molecule has 1 aromatic rings. The lowest BCUT2D eigenvalue weighted by Gasteiger charge is -2.02. The number of carbonyl (C=O) groups excluding carboxylic acids is 1. The van der Waals surface area contributed by atoms with Gasteiger partial charge in [0, 0.05) is 11.4 Å². The third kappa shape index (κ3) is 2.68. The maximum absolute atomic E-state index is 11.5. The van der Waals surface area contributed by atoms with Crippen molar-refractivity contribution in [2.24, 2.45) is 0 Å². The van der Waals surface area contributed by atoms with Crippen LogP contribution in [0, 0.1) is 0 Å². The van der Waals surface area contributed by atoms with Crippen molar-refractivity contribution >= 4 is 22.4 Å². The average molecular weight is 228 g/mol.